The number of nitrogens with two attached hydrogens (primary N) is 1. The first kappa shape index (κ1) is 30.1. The number of fused-ring (bicyclic) bond motifs is 1. The van der Waals surface area contributed by atoms with Crippen molar-refractivity contribution in [2.75, 3.05) is 12.3 Å². The van der Waals surface area contributed by atoms with Crippen molar-refractivity contribution >= 4 is 46.1 Å². The number of hydrogen-bond acceptors (Lipinski definition) is 13. The van der Waals surface area contributed by atoms with E-state index in [4.69, 9.17) is 20.3 Å². The number of nitro benzene ring substituents is 1. The predicted molar refractivity (Wildman–Crippen MR) is 131 cm³/mol. The zero-order valence-electron chi connectivity index (χ0n) is 19.6. The number of aromatic nitrogens is 3. The number of phosphoric acid groups is 3. The van der Waals surface area contributed by atoms with Gasteiger partial charge in [0, 0.05) is 30.3 Å². The molecule has 218 valence electrons. The highest BCUT2D eigenvalue weighted by Crippen LogP contribution is 2.66. The second kappa shape index (κ2) is 10.9. The van der Waals surface area contributed by atoms with Crippen LogP contribution >= 0.6 is 23.5 Å². The summed E-state index contributed by atoms with van der Waals surface area (Å²) in [5.74, 6) is -0.273. The molecule has 2 aromatic heterocycles. The number of nitro groups is 1. The molecule has 5 atom stereocenters. The van der Waals surface area contributed by atoms with Crippen LogP contribution in [0.3, 0.4) is 0 Å². The highest BCUT2D eigenvalue weighted by molar-refractivity contribution is 7.66. The Bertz CT molecular complexity index is 1670. The largest absolute Gasteiger partial charge is 0.490 e. The highest BCUT2D eigenvalue weighted by atomic mass is 31.3. The van der Waals surface area contributed by atoms with Gasteiger partial charge < -0.3 is 39.7 Å². The third kappa shape index (κ3) is 6.90. The van der Waals surface area contributed by atoms with Crippen LogP contribution in [0, 0.1) is 10.1 Å². The average Bonchev–Trinajstić information content (AvgIpc) is 3.36. The molecule has 1 aliphatic heterocycles. The smallest absolute Gasteiger partial charge is 0.390 e. The molecule has 1 saturated heterocycles. The van der Waals surface area contributed by atoms with Crippen molar-refractivity contribution in [2.45, 2.75) is 24.9 Å². The van der Waals surface area contributed by atoms with Gasteiger partial charge in [-0.3, -0.25) is 24.4 Å². The van der Waals surface area contributed by atoms with Crippen molar-refractivity contribution in [3.63, 3.8) is 0 Å². The summed E-state index contributed by atoms with van der Waals surface area (Å²) in [5.41, 5.74) is 5.23. The van der Waals surface area contributed by atoms with Gasteiger partial charge >= 0.3 is 23.5 Å². The number of nitrogen functional groups attached to an aromatic ring is 1. The molecule has 3 aromatic rings. The van der Waals surface area contributed by atoms with Crippen LogP contribution in [0.1, 0.15) is 12.6 Å². The molecular formula is C17H20N5O15P3. The molecule has 8 N–H and O–H groups in total. The molecule has 4 rings (SSSR count). The molecule has 0 radical (unpaired) electrons. The molecule has 2 unspecified atom stereocenters. The predicted octanol–water partition coefficient (Wildman–Crippen LogP) is 0.874. The van der Waals surface area contributed by atoms with E-state index in [0.29, 0.717) is 0 Å². The molecule has 1 aliphatic rings. The normalized spacial score (nSPS) is 22.7. The number of aliphatic hydroxyl groups excluding tert-OH is 1. The summed E-state index contributed by atoms with van der Waals surface area (Å²) >= 11 is 0. The molecule has 23 heteroatoms. The van der Waals surface area contributed by atoms with Gasteiger partial charge in [-0.15, -0.1) is 0 Å². The number of anilines is 1. The number of aliphatic hydroxyl groups is 1. The standard InChI is InChI=1S/C17H20N5O15P3/c18-17-19-15-14(16(24)20-17)10(8-2-1-3-9(4-8)22(25)26)6-21(15)13-5-11(23)12(35-13)7-34-39(30,31)37-40(32,33)36-38(27,28)29/h1-4,6,11-13,23H,5,7H2,(H,30,31)(H,32,33)(H2,27,28,29)(H3,18,19,20,24)/t11-,12+,13+/m0/s1. The van der Waals surface area contributed by atoms with Crippen molar-refractivity contribution in [2.24, 2.45) is 0 Å². The minimum atomic E-state index is -5.75. The molecule has 40 heavy (non-hydrogen) atoms. The van der Waals surface area contributed by atoms with Gasteiger partial charge in [0.2, 0.25) is 5.95 Å². The first-order chi connectivity index (χ1) is 18.4. The van der Waals surface area contributed by atoms with E-state index in [1.807, 2.05) is 0 Å². The lowest BCUT2D eigenvalue weighted by Gasteiger charge is -2.19. The van der Waals surface area contributed by atoms with Gasteiger partial charge in [-0.25, -0.2) is 13.7 Å². The topological polar surface area (TPSA) is 309 Å². The van der Waals surface area contributed by atoms with Crippen LogP contribution in [0.15, 0.2) is 35.3 Å². The van der Waals surface area contributed by atoms with Gasteiger partial charge in [-0.05, 0) is 5.56 Å². The van der Waals surface area contributed by atoms with Gasteiger partial charge in [0.25, 0.3) is 11.2 Å². The molecule has 3 heterocycles. The van der Waals surface area contributed by atoms with Gasteiger partial charge in [-0.1, -0.05) is 12.1 Å². The molecule has 0 aliphatic carbocycles. The summed E-state index contributed by atoms with van der Waals surface area (Å²) in [6.45, 7) is -0.922. The van der Waals surface area contributed by atoms with E-state index in [2.05, 4.69) is 23.1 Å². The lowest BCUT2D eigenvalue weighted by atomic mass is 10.1. The van der Waals surface area contributed by atoms with E-state index in [9.17, 15) is 43.5 Å². The number of nitrogens with one attached hydrogen (secondary N) is 1. The fourth-order valence-corrected chi connectivity index (χ4v) is 6.93. The van der Waals surface area contributed by atoms with Crippen LogP contribution in [-0.4, -0.2) is 63.0 Å². The number of benzene rings is 1. The molecule has 1 aromatic carbocycles. The maximum absolute atomic E-state index is 12.8. The summed E-state index contributed by atoms with van der Waals surface area (Å²) in [6, 6.07) is 5.40. The minimum absolute atomic E-state index is 0.00972. The fourth-order valence-electron chi connectivity index (χ4n) is 3.90. The fraction of sp³-hybridized carbons (Fsp3) is 0.294. The van der Waals surface area contributed by atoms with E-state index in [0.717, 1.165) is 0 Å². The molecule has 0 amide bonds. The van der Waals surface area contributed by atoms with Crippen LogP contribution in [0.4, 0.5) is 11.6 Å². The van der Waals surface area contributed by atoms with Gasteiger partial charge in [0.15, 0.2) is 5.65 Å². The number of rotatable bonds is 10. The summed E-state index contributed by atoms with van der Waals surface area (Å²) in [7, 11) is -16.8. The summed E-state index contributed by atoms with van der Waals surface area (Å²) < 4.78 is 53.0. The zero-order valence-corrected chi connectivity index (χ0v) is 22.3. The molecule has 0 spiro atoms. The lowest BCUT2D eigenvalue weighted by Crippen LogP contribution is -2.26. The molecular weight excluding hydrogens is 607 g/mol. The Hall–Kier alpha value is -2.83. The molecule has 20 nitrogen and oxygen atoms in total. The second-order valence-electron chi connectivity index (χ2n) is 8.23. The quantitative estimate of drug-likeness (QED) is 0.0931. The number of nitrogens with zero attached hydrogens (tertiary/aromatic N) is 3. The van der Waals surface area contributed by atoms with Crippen molar-refractivity contribution in [3.8, 4) is 11.1 Å². The molecule has 0 bridgehead atoms. The summed E-state index contributed by atoms with van der Waals surface area (Å²) in [4.78, 5) is 65.9. The van der Waals surface area contributed by atoms with Crippen LogP contribution in [0.5, 0.6) is 0 Å². The Morgan fingerprint density at radius 1 is 1.20 bits per heavy atom. The summed E-state index contributed by atoms with van der Waals surface area (Å²) in [5, 5.41) is 21.7. The lowest BCUT2D eigenvalue weighted by molar-refractivity contribution is -0.384. The zero-order chi connectivity index (χ0) is 29.6. The highest BCUT2D eigenvalue weighted by Gasteiger charge is 2.43. The Morgan fingerprint density at radius 2 is 1.90 bits per heavy atom. The Morgan fingerprint density at radius 3 is 2.55 bits per heavy atom. The van der Waals surface area contributed by atoms with E-state index in [1.54, 1.807) is 0 Å². The maximum atomic E-state index is 12.8. The Labute approximate surface area is 221 Å². The molecule has 0 saturated carbocycles. The van der Waals surface area contributed by atoms with E-state index >= 15 is 0 Å². The molecule has 1 fully saturated rings. The number of phosphoric ester groups is 1. The van der Waals surface area contributed by atoms with Crippen molar-refractivity contribution in [3.05, 3.63) is 50.9 Å². The second-order valence-corrected chi connectivity index (χ2v) is 12.6. The number of ether oxygens (including phenoxy) is 1. The maximum Gasteiger partial charge on any atom is 0.490 e. The average molecular weight is 627 g/mol. The van der Waals surface area contributed by atoms with Crippen molar-refractivity contribution in [1.29, 1.82) is 0 Å². The number of H-pyrrole nitrogens is 1. The van der Waals surface area contributed by atoms with E-state index < -0.39 is 59.0 Å². The first-order valence-electron chi connectivity index (χ1n) is 10.7. The van der Waals surface area contributed by atoms with Gasteiger partial charge in [-0.2, -0.15) is 13.6 Å². The number of hydrogen-bond donors (Lipinski definition) is 7. The van der Waals surface area contributed by atoms with E-state index in [1.165, 1.54) is 35.0 Å². The van der Waals surface area contributed by atoms with Crippen molar-refractivity contribution in [1.82, 2.24) is 14.5 Å². The van der Waals surface area contributed by atoms with Crippen LogP contribution in [0.25, 0.3) is 22.2 Å². The van der Waals surface area contributed by atoms with Gasteiger partial charge in [0.1, 0.15) is 12.3 Å². The van der Waals surface area contributed by atoms with Crippen LogP contribution in [0.2, 0.25) is 0 Å². The Balaban J connectivity index is 1.59. The van der Waals surface area contributed by atoms with Crippen LogP contribution < -0.4 is 11.3 Å². The van der Waals surface area contributed by atoms with Crippen LogP contribution in [-0.2, 0) is 31.6 Å². The third-order valence-electron chi connectivity index (χ3n) is 5.40. The Kier molecular flexibility index (Phi) is 8.19. The number of aromatic amines is 1. The monoisotopic (exact) mass is 627 g/mol. The third-order valence-corrected chi connectivity index (χ3v) is 9.20. The SMILES string of the molecule is Nc1nc2c(c(-c3cccc([N+](=O)[O-])c3)cn2[C@H]2C[C@H](O)[C@@H](COP(=O)(O)OP(=O)(O)OP(=O)(O)O)O2)c(=O)[nH]1. The minimum Gasteiger partial charge on any atom is -0.390 e. The first-order valence-corrected chi connectivity index (χ1v) is 15.2. The summed E-state index contributed by atoms with van der Waals surface area (Å²) in [6.07, 6.45) is -2.65. The number of non-ortho nitro benzene ring substituents is 1. The van der Waals surface area contributed by atoms with Gasteiger partial charge in [0.05, 0.1) is 23.0 Å². The van der Waals surface area contributed by atoms with Crippen molar-refractivity contribution < 1.29 is 61.2 Å². The van der Waals surface area contributed by atoms with E-state index in [-0.39, 0.29) is 40.2 Å².